The number of carbonyl (C=O) groups is 3. The van der Waals surface area contributed by atoms with Crippen LogP contribution >= 0.6 is 11.3 Å². The number of hydrogen-bond acceptors (Lipinski definition) is 7. The maximum absolute atomic E-state index is 13.1. The lowest BCUT2D eigenvalue weighted by molar-refractivity contribution is -0.127. The summed E-state index contributed by atoms with van der Waals surface area (Å²) in [5.41, 5.74) is 6.47. The van der Waals surface area contributed by atoms with Crippen LogP contribution in [-0.2, 0) is 28.8 Å². The van der Waals surface area contributed by atoms with Crippen molar-refractivity contribution >= 4 is 40.3 Å². The van der Waals surface area contributed by atoms with Gasteiger partial charge in [-0.15, -0.1) is 11.3 Å². The molecule has 0 spiro atoms. The quantitative estimate of drug-likeness (QED) is 0.185. The molecule has 9 heteroatoms. The molecule has 0 unspecified atom stereocenters. The van der Waals surface area contributed by atoms with Crippen LogP contribution in [0, 0.1) is 5.92 Å². The Morgan fingerprint density at radius 2 is 1.82 bits per heavy atom. The molecule has 2 amide bonds. The number of hydrogen-bond donors (Lipinski definition) is 2. The number of fused-ring (bicyclic) bond motifs is 1. The normalized spacial score (nSPS) is 15.2. The van der Waals surface area contributed by atoms with Gasteiger partial charge < -0.3 is 14.8 Å². The maximum Gasteiger partial charge on any atom is 0.341 e. The summed E-state index contributed by atoms with van der Waals surface area (Å²) in [5, 5.41) is 7.45. The Balaban J connectivity index is 1.36. The van der Waals surface area contributed by atoms with Crippen LogP contribution in [0.15, 0.2) is 53.6 Å². The van der Waals surface area contributed by atoms with Crippen molar-refractivity contribution in [2.75, 3.05) is 11.9 Å². The number of rotatable bonds is 10. The van der Waals surface area contributed by atoms with Gasteiger partial charge in [-0.1, -0.05) is 38.1 Å². The van der Waals surface area contributed by atoms with Gasteiger partial charge in [0.25, 0.3) is 11.8 Å². The van der Waals surface area contributed by atoms with Gasteiger partial charge in [0.15, 0.2) is 6.10 Å². The minimum absolute atomic E-state index is 0.268. The Morgan fingerprint density at radius 1 is 1.10 bits per heavy atom. The van der Waals surface area contributed by atoms with Crippen molar-refractivity contribution in [3.8, 4) is 5.75 Å². The molecular weight excluding hydrogens is 526 g/mol. The second-order valence-electron chi connectivity index (χ2n) is 9.84. The van der Waals surface area contributed by atoms with Gasteiger partial charge in [0.1, 0.15) is 10.8 Å². The van der Waals surface area contributed by atoms with E-state index in [0.29, 0.717) is 27.8 Å². The molecule has 0 saturated carbocycles. The summed E-state index contributed by atoms with van der Waals surface area (Å²) in [6.07, 6.45) is 4.42. The number of ether oxygens (including phenoxy) is 2. The average Bonchev–Trinajstić information content (AvgIpc) is 3.30. The Labute approximate surface area is 238 Å². The van der Waals surface area contributed by atoms with Crippen molar-refractivity contribution in [2.24, 2.45) is 11.0 Å². The smallest absolute Gasteiger partial charge is 0.341 e. The van der Waals surface area contributed by atoms with E-state index < -0.39 is 18.0 Å². The van der Waals surface area contributed by atoms with Gasteiger partial charge in [-0.05, 0) is 86.4 Å². The molecule has 1 aromatic heterocycles. The van der Waals surface area contributed by atoms with Crippen molar-refractivity contribution in [1.82, 2.24) is 5.43 Å². The first-order valence-corrected chi connectivity index (χ1v) is 14.4. The Hall–Kier alpha value is -3.98. The summed E-state index contributed by atoms with van der Waals surface area (Å²) in [7, 11) is 0. The van der Waals surface area contributed by atoms with Gasteiger partial charge in [0.05, 0.1) is 18.4 Å². The van der Waals surface area contributed by atoms with Crippen molar-refractivity contribution < 1.29 is 23.9 Å². The Morgan fingerprint density at radius 3 is 2.50 bits per heavy atom. The zero-order valence-corrected chi connectivity index (χ0v) is 24.1. The van der Waals surface area contributed by atoms with Crippen LogP contribution < -0.4 is 15.5 Å². The highest BCUT2D eigenvalue weighted by Crippen LogP contribution is 2.40. The molecule has 210 valence electrons. The lowest BCUT2D eigenvalue weighted by atomic mass is 9.88. The van der Waals surface area contributed by atoms with Gasteiger partial charge in [0.2, 0.25) is 0 Å². The third-order valence-corrected chi connectivity index (χ3v) is 7.96. The molecule has 3 aromatic rings. The molecular formula is C31H35N3O5S. The lowest BCUT2D eigenvalue weighted by Gasteiger charge is -2.18. The highest BCUT2D eigenvalue weighted by Gasteiger charge is 2.29. The standard InChI is InChI=1S/C31H35N3O5S/c1-5-21-8-10-22(11-9-21)18-32-34-28(35)20(4)39-24-14-12-23(13-15-24)29(36)33-30-27(31(37)38-6-2)25-16-7-19(3)17-26(25)40-30/h8-15,18-20H,5-7,16-17H2,1-4H3,(H,33,36)(H,34,35)/b32-18-/t19-,20-/m0/s1. The first-order valence-electron chi connectivity index (χ1n) is 13.6. The zero-order valence-electron chi connectivity index (χ0n) is 23.3. The van der Waals surface area contributed by atoms with E-state index in [0.717, 1.165) is 41.7 Å². The van der Waals surface area contributed by atoms with E-state index >= 15 is 0 Å². The molecule has 1 heterocycles. The Kier molecular flexibility index (Phi) is 9.71. The monoisotopic (exact) mass is 561 g/mol. The fraction of sp³-hybridized carbons (Fsp3) is 0.355. The first-order chi connectivity index (χ1) is 19.3. The highest BCUT2D eigenvalue weighted by atomic mass is 32.1. The predicted molar refractivity (Wildman–Crippen MR) is 158 cm³/mol. The van der Waals surface area contributed by atoms with E-state index in [4.69, 9.17) is 9.47 Å². The van der Waals surface area contributed by atoms with E-state index in [1.54, 1.807) is 44.3 Å². The van der Waals surface area contributed by atoms with Gasteiger partial charge in [-0.3, -0.25) is 9.59 Å². The number of esters is 1. The number of thiophene rings is 1. The molecule has 40 heavy (non-hydrogen) atoms. The molecule has 0 saturated heterocycles. The van der Waals surface area contributed by atoms with Crippen LogP contribution in [0.3, 0.4) is 0 Å². The van der Waals surface area contributed by atoms with Crippen molar-refractivity contribution in [1.29, 1.82) is 0 Å². The van der Waals surface area contributed by atoms with Gasteiger partial charge >= 0.3 is 5.97 Å². The molecule has 2 aromatic carbocycles. The largest absolute Gasteiger partial charge is 0.481 e. The molecule has 2 atom stereocenters. The second kappa shape index (κ2) is 13.4. The average molecular weight is 562 g/mol. The molecule has 0 fully saturated rings. The van der Waals surface area contributed by atoms with Gasteiger partial charge in [-0.2, -0.15) is 5.10 Å². The third kappa shape index (κ3) is 7.15. The summed E-state index contributed by atoms with van der Waals surface area (Å²) < 4.78 is 11.0. The molecule has 4 rings (SSSR count). The maximum atomic E-state index is 13.1. The summed E-state index contributed by atoms with van der Waals surface area (Å²) in [6, 6.07) is 14.4. The SMILES string of the molecule is CCOC(=O)c1c(NC(=O)c2ccc(O[C@@H](C)C(=O)N/N=C\c3ccc(CC)cc3)cc2)sc2c1CC[C@H](C)C2. The second-order valence-corrected chi connectivity index (χ2v) is 10.9. The highest BCUT2D eigenvalue weighted by molar-refractivity contribution is 7.17. The van der Waals surface area contributed by atoms with E-state index in [9.17, 15) is 14.4 Å². The van der Waals surface area contributed by atoms with Crippen molar-refractivity contribution in [3.05, 3.63) is 81.2 Å². The van der Waals surface area contributed by atoms with Crippen LogP contribution in [0.2, 0.25) is 0 Å². The number of hydrazone groups is 1. The number of benzene rings is 2. The molecule has 8 nitrogen and oxygen atoms in total. The summed E-state index contributed by atoms with van der Waals surface area (Å²) in [6.45, 7) is 7.94. The van der Waals surface area contributed by atoms with E-state index in [2.05, 4.69) is 29.7 Å². The predicted octanol–water partition coefficient (Wildman–Crippen LogP) is 5.78. The van der Waals surface area contributed by atoms with Crippen LogP contribution in [0.25, 0.3) is 0 Å². The third-order valence-electron chi connectivity index (χ3n) is 6.79. The van der Waals surface area contributed by atoms with Crippen molar-refractivity contribution in [3.63, 3.8) is 0 Å². The molecule has 0 aliphatic heterocycles. The molecule has 1 aliphatic carbocycles. The van der Waals surface area contributed by atoms with E-state index in [1.807, 2.05) is 24.3 Å². The minimum Gasteiger partial charge on any atom is -0.481 e. The number of carbonyl (C=O) groups excluding carboxylic acids is 3. The Bertz CT molecular complexity index is 1380. The van der Waals surface area contributed by atoms with Crippen LogP contribution in [-0.4, -0.2) is 36.7 Å². The number of nitrogens with zero attached hydrogens (tertiary/aromatic N) is 1. The fourth-order valence-electron chi connectivity index (χ4n) is 4.48. The zero-order chi connectivity index (χ0) is 28.6. The lowest BCUT2D eigenvalue weighted by Crippen LogP contribution is -2.33. The van der Waals surface area contributed by atoms with Crippen LogP contribution in [0.4, 0.5) is 5.00 Å². The topological polar surface area (TPSA) is 106 Å². The molecule has 2 N–H and O–H groups in total. The minimum atomic E-state index is -0.800. The number of anilines is 1. The summed E-state index contributed by atoms with van der Waals surface area (Å²) >= 11 is 1.45. The first kappa shape index (κ1) is 29.0. The van der Waals surface area contributed by atoms with Gasteiger partial charge in [-0.25, -0.2) is 10.2 Å². The molecule has 0 radical (unpaired) electrons. The van der Waals surface area contributed by atoms with Crippen LogP contribution in [0.5, 0.6) is 5.75 Å². The number of aryl methyl sites for hydroxylation is 1. The van der Waals surface area contributed by atoms with Gasteiger partial charge in [0, 0.05) is 10.4 Å². The van der Waals surface area contributed by atoms with Crippen molar-refractivity contribution in [2.45, 2.75) is 59.5 Å². The fourth-order valence-corrected chi connectivity index (χ4v) is 5.87. The number of nitrogens with one attached hydrogen (secondary N) is 2. The molecule has 0 bridgehead atoms. The summed E-state index contributed by atoms with van der Waals surface area (Å²) in [4.78, 5) is 39.3. The van der Waals surface area contributed by atoms with Crippen LogP contribution in [0.1, 0.15) is 76.4 Å². The number of amides is 2. The van der Waals surface area contributed by atoms with E-state index in [1.165, 1.54) is 16.9 Å². The summed E-state index contributed by atoms with van der Waals surface area (Å²) in [5.74, 6) is -0.168. The van der Waals surface area contributed by atoms with E-state index in [-0.39, 0.29) is 12.5 Å². The molecule has 1 aliphatic rings.